The van der Waals surface area contributed by atoms with Crippen LogP contribution < -0.4 is 25.4 Å². The Bertz CT molecular complexity index is 3610. The minimum atomic E-state index is -3.86. The third-order valence-electron chi connectivity index (χ3n) is 16.0. The van der Waals surface area contributed by atoms with Crippen LogP contribution in [0.3, 0.4) is 0 Å². The molecule has 29 heteroatoms. The summed E-state index contributed by atoms with van der Waals surface area (Å²) in [5, 5.41) is 11.3. The molecule has 0 aliphatic carbocycles. The molecule has 2 aliphatic rings. The number of fused-ring (bicyclic) bond motifs is 2. The van der Waals surface area contributed by atoms with E-state index in [1.807, 2.05) is 74.8 Å². The van der Waals surface area contributed by atoms with Gasteiger partial charge in [-0.05, 0) is 131 Å². The van der Waals surface area contributed by atoms with Gasteiger partial charge in [0, 0.05) is 108 Å². The van der Waals surface area contributed by atoms with E-state index in [2.05, 4.69) is 35.2 Å². The zero-order chi connectivity index (χ0) is 69.9. The molecule has 98 heavy (non-hydrogen) atoms. The number of carbonyl (C=O) groups is 3. The number of amides is 3. The van der Waals surface area contributed by atoms with Crippen molar-refractivity contribution in [1.82, 2.24) is 40.1 Å². The van der Waals surface area contributed by atoms with Gasteiger partial charge in [-0.25, -0.2) is 26.3 Å². The smallest absolute Gasteiger partial charge is 0.251 e. The lowest BCUT2D eigenvalue weighted by atomic mass is 9.85. The number of sulfonamides is 2. The van der Waals surface area contributed by atoms with Crippen molar-refractivity contribution in [1.29, 1.82) is 0 Å². The van der Waals surface area contributed by atoms with Crippen molar-refractivity contribution in [2.24, 2.45) is 0 Å². The Labute approximate surface area is 599 Å². The van der Waals surface area contributed by atoms with Crippen LogP contribution in [0.5, 0.6) is 0 Å². The highest BCUT2D eigenvalue weighted by Gasteiger charge is 2.30. The molecular weight excluding hydrogens is 1410 g/mol. The Kier molecular flexibility index (Phi) is 32.2. The van der Waals surface area contributed by atoms with Crippen molar-refractivity contribution < 1.29 is 64.4 Å². The van der Waals surface area contributed by atoms with E-state index in [9.17, 15) is 31.2 Å². The number of likely N-dealkylation sites (N-methyl/N-ethyl adjacent to an activating group) is 2. The Morgan fingerprint density at radius 2 is 0.827 bits per heavy atom. The average Bonchev–Trinajstić information content (AvgIpc) is 0.780. The van der Waals surface area contributed by atoms with Gasteiger partial charge < -0.3 is 58.9 Å². The first-order valence-corrected chi connectivity index (χ1v) is 37.0. The number of rotatable bonds is 42. The summed E-state index contributed by atoms with van der Waals surface area (Å²) in [5.74, 6) is -1.15. The zero-order valence-corrected chi connectivity index (χ0v) is 60.3. The zero-order valence-electron chi connectivity index (χ0n) is 54.8. The summed E-state index contributed by atoms with van der Waals surface area (Å²) in [7, 11) is -3.73. The van der Waals surface area contributed by atoms with Gasteiger partial charge in [-0.1, -0.05) is 107 Å². The quantitative estimate of drug-likeness (QED) is 0.0227. The summed E-state index contributed by atoms with van der Waals surface area (Å²) < 4.78 is 98.2. The third kappa shape index (κ3) is 25.3. The normalized spacial score (nSPS) is 15.1. The van der Waals surface area contributed by atoms with Gasteiger partial charge in [-0.15, -0.1) is 0 Å². The number of halogens is 5. The summed E-state index contributed by atoms with van der Waals surface area (Å²) in [6, 6.07) is 35.7. The molecular formula is C69H85Cl5N8O14S2. The van der Waals surface area contributed by atoms with E-state index in [1.165, 1.54) is 0 Å². The number of hydrogen-bond donors (Lipinski definition) is 5. The maximum Gasteiger partial charge on any atom is 0.251 e. The number of ether oxygens (including phenoxy) is 7. The van der Waals surface area contributed by atoms with Gasteiger partial charge in [-0.2, -0.15) is 0 Å². The minimum Gasteiger partial charge on any atom is -0.378 e. The molecule has 2 aliphatic heterocycles. The molecule has 8 rings (SSSR count). The largest absolute Gasteiger partial charge is 0.378 e. The molecule has 2 atom stereocenters. The van der Waals surface area contributed by atoms with Crippen LogP contribution in [0.15, 0.2) is 131 Å². The van der Waals surface area contributed by atoms with Crippen LogP contribution in [0.1, 0.15) is 55.6 Å². The molecule has 0 fully saturated rings. The number of nitrogens with zero attached hydrogens (tertiary/aromatic N) is 3. The van der Waals surface area contributed by atoms with Gasteiger partial charge in [-0.3, -0.25) is 19.3 Å². The summed E-state index contributed by atoms with van der Waals surface area (Å²) in [4.78, 5) is 45.1. The van der Waals surface area contributed by atoms with Crippen molar-refractivity contribution in [3.8, 4) is 11.1 Å². The SMILES string of the molecule is CN1Cc2c(Cl)cc(Cl)cc2[C@H](c2cccc(S(=O)(=O)NCCOCCOCCNC(=O)CN(CCOCCOCCOCCNC(=O)c3ccc(-c4ccc(Cl)cc4)cc3)CC(=O)NCCOCCOCCNS(=O)(=O)c3cccc([C@@H]4CN(C)Cc5c(Cl)cc(Cl)cc54)c3)c2)C1. The topological polar surface area (TPSA) is 254 Å². The van der Waals surface area contributed by atoms with Crippen molar-refractivity contribution in [2.45, 2.75) is 34.7 Å². The summed E-state index contributed by atoms with van der Waals surface area (Å²) >= 11 is 31.9. The average molecular weight is 1490 g/mol. The lowest BCUT2D eigenvalue weighted by Crippen LogP contribution is -2.45. The summed E-state index contributed by atoms with van der Waals surface area (Å²) in [6.45, 7) is 6.34. The fourth-order valence-corrected chi connectivity index (χ4v) is 14.6. The van der Waals surface area contributed by atoms with Crippen LogP contribution in [0.25, 0.3) is 11.1 Å². The molecule has 6 aromatic rings. The van der Waals surface area contributed by atoms with Crippen molar-refractivity contribution in [3.05, 3.63) is 185 Å². The minimum absolute atomic E-state index is 0.0329. The van der Waals surface area contributed by atoms with Gasteiger partial charge >= 0.3 is 0 Å². The fourth-order valence-electron chi connectivity index (χ4n) is 11.2. The molecule has 22 nitrogen and oxygen atoms in total. The van der Waals surface area contributed by atoms with E-state index in [1.54, 1.807) is 65.6 Å². The lowest BCUT2D eigenvalue weighted by molar-refractivity contribution is -0.125. The molecule has 2 heterocycles. The van der Waals surface area contributed by atoms with E-state index in [4.69, 9.17) is 91.2 Å². The van der Waals surface area contributed by atoms with Gasteiger partial charge in [0.15, 0.2) is 0 Å². The number of nitrogens with one attached hydrogen (secondary N) is 5. The molecule has 0 spiro atoms. The van der Waals surface area contributed by atoms with Crippen LogP contribution >= 0.6 is 58.0 Å². The summed E-state index contributed by atoms with van der Waals surface area (Å²) in [5.41, 5.74) is 8.05. The monoisotopic (exact) mass is 1490 g/mol. The Hall–Kier alpha value is -5.40. The van der Waals surface area contributed by atoms with E-state index in [0.29, 0.717) is 83.2 Å². The van der Waals surface area contributed by atoms with Crippen molar-refractivity contribution >= 4 is 95.8 Å². The molecule has 0 aromatic heterocycles. The lowest BCUT2D eigenvalue weighted by Gasteiger charge is -2.33. The van der Waals surface area contributed by atoms with Gasteiger partial charge in [0.25, 0.3) is 5.91 Å². The number of hydrogen-bond acceptors (Lipinski definition) is 17. The second-order valence-corrected chi connectivity index (χ2v) is 29.0. The second-order valence-electron chi connectivity index (χ2n) is 23.4. The van der Waals surface area contributed by atoms with E-state index in [-0.39, 0.29) is 158 Å². The third-order valence-corrected chi connectivity index (χ3v) is 20.3. The molecule has 0 unspecified atom stereocenters. The van der Waals surface area contributed by atoms with E-state index >= 15 is 0 Å². The molecule has 0 saturated heterocycles. The fraction of sp³-hybridized carbons (Fsp3) is 0.435. The van der Waals surface area contributed by atoms with Crippen LogP contribution in [-0.2, 0) is 75.9 Å². The van der Waals surface area contributed by atoms with Crippen molar-refractivity contribution in [2.75, 3.05) is 172 Å². The maximum atomic E-state index is 13.3. The van der Waals surface area contributed by atoms with Gasteiger partial charge in [0.1, 0.15) is 0 Å². The van der Waals surface area contributed by atoms with Crippen LogP contribution in [0, 0.1) is 0 Å². The first kappa shape index (κ1) is 78.3. The molecule has 6 aromatic carbocycles. The second kappa shape index (κ2) is 40.3. The number of carbonyl (C=O) groups excluding carboxylic acids is 3. The van der Waals surface area contributed by atoms with Gasteiger partial charge in [0.2, 0.25) is 31.9 Å². The first-order chi connectivity index (χ1) is 47.2. The molecule has 532 valence electrons. The Balaban J connectivity index is 0.688. The molecule has 0 saturated carbocycles. The molecule has 0 bridgehead atoms. The predicted octanol–water partition coefficient (Wildman–Crippen LogP) is 8.11. The Morgan fingerprint density at radius 3 is 1.26 bits per heavy atom. The highest BCUT2D eigenvalue weighted by molar-refractivity contribution is 7.89. The van der Waals surface area contributed by atoms with Crippen molar-refractivity contribution in [3.63, 3.8) is 0 Å². The van der Waals surface area contributed by atoms with Crippen LogP contribution in [0.4, 0.5) is 0 Å². The van der Waals surface area contributed by atoms with Crippen LogP contribution in [0.2, 0.25) is 25.1 Å². The van der Waals surface area contributed by atoms with E-state index in [0.717, 1.165) is 44.5 Å². The highest BCUT2D eigenvalue weighted by atomic mass is 35.5. The highest BCUT2D eigenvalue weighted by Crippen LogP contribution is 2.41. The molecule has 3 amide bonds. The van der Waals surface area contributed by atoms with Gasteiger partial charge in [0.05, 0.1) is 115 Å². The maximum absolute atomic E-state index is 13.3. The molecule has 0 radical (unpaired) electrons. The Morgan fingerprint density at radius 1 is 0.449 bits per heavy atom. The van der Waals surface area contributed by atoms with E-state index < -0.39 is 20.0 Å². The number of benzene rings is 6. The summed E-state index contributed by atoms with van der Waals surface area (Å²) in [6.07, 6.45) is 0. The first-order valence-electron chi connectivity index (χ1n) is 32.2. The van der Waals surface area contributed by atoms with Crippen LogP contribution in [-0.4, -0.2) is 221 Å². The standard InChI is InChI=1S/C69H85Cl5N8O14S2/c1-80-43-61(59-39-55(71)41-65(73)63(59)45-80)52-5-3-7-57(37-52)97(86,87)78-20-26-93-31-29-90-23-17-75-67(83)47-82(22-28-95-34-36-96-35-33-92-25-19-77-69(85)51-11-9-49(10-12-51)50-13-15-54(70)16-14-50)48-68(84)76-18-24-91-30-32-94-27-21-79-98(88,89)58-8-4-6-53(38-58)62-44-81(2)46-64-60(62)40-56(72)42-66(64)74/h3-16,37-42,61-62,78-79H,17-36,43-48H2,1-2H3,(H,75,83)(H,76,84)(H,77,85)/t61-,62-/m0/s1. The predicted molar refractivity (Wildman–Crippen MR) is 380 cm³/mol. The molecule has 5 N–H and O–H groups in total.